The van der Waals surface area contributed by atoms with Crippen molar-refractivity contribution >= 4 is 38.2 Å². The van der Waals surface area contributed by atoms with Gasteiger partial charge in [-0.1, -0.05) is 13.8 Å². The van der Waals surface area contributed by atoms with E-state index in [2.05, 4.69) is 38.4 Å². The van der Waals surface area contributed by atoms with Crippen molar-refractivity contribution in [3.63, 3.8) is 0 Å². The Labute approximate surface area is 302 Å². The fourth-order valence-electron chi connectivity index (χ4n) is 8.15. The molecule has 0 saturated carbocycles. The Hall–Kier alpha value is -2.48. The number of sulfone groups is 1. The van der Waals surface area contributed by atoms with Crippen LogP contribution in [0.25, 0.3) is 10.9 Å². The highest BCUT2D eigenvalue weighted by Crippen LogP contribution is 2.39. The van der Waals surface area contributed by atoms with Crippen molar-refractivity contribution in [2.75, 3.05) is 76.7 Å². The predicted octanol–water partition coefficient (Wildman–Crippen LogP) is 5.79. The van der Waals surface area contributed by atoms with Gasteiger partial charge in [0.05, 0.1) is 28.8 Å². The van der Waals surface area contributed by atoms with Crippen LogP contribution < -0.4 is 9.64 Å². The van der Waals surface area contributed by atoms with Crippen LogP contribution in [0, 0.1) is 11.7 Å². The minimum atomic E-state index is -4.11. The third-order valence-electron chi connectivity index (χ3n) is 10.8. The maximum absolute atomic E-state index is 15.4. The molecule has 3 aliphatic rings. The topological polar surface area (TPSA) is 89.5 Å². The third kappa shape index (κ3) is 8.42. The van der Waals surface area contributed by atoms with E-state index in [4.69, 9.17) is 4.74 Å². The largest absolute Gasteiger partial charge is 0.488 e. The minimum Gasteiger partial charge on any atom is -0.488 e. The molecule has 4 heterocycles. The lowest BCUT2D eigenvalue weighted by Gasteiger charge is -2.46. The lowest BCUT2D eigenvalue weighted by atomic mass is 9.96. The number of piperidine rings is 2. The molecule has 50 heavy (non-hydrogen) atoms. The highest BCUT2D eigenvalue weighted by Gasteiger charge is 2.34. The molecule has 1 aromatic heterocycles. The summed E-state index contributed by atoms with van der Waals surface area (Å²) in [5.74, 6) is -0.230. The van der Waals surface area contributed by atoms with Gasteiger partial charge in [-0.2, -0.15) is 0 Å². The SMILES string of the molecule is CSc1ccc2ncc(S(=O)(=O)c3ccc(OC(C)CC(C)C)c(F)c3)c(N3CCC(N4CCC(N5CCN(CCO)CC5)CC4)CC3)c2c1. The van der Waals surface area contributed by atoms with Gasteiger partial charge in [0.25, 0.3) is 0 Å². The fraction of sp³-hybridized carbons (Fsp3) is 0.605. The molecule has 3 aliphatic heterocycles. The maximum Gasteiger partial charge on any atom is 0.210 e. The summed E-state index contributed by atoms with van der Waals surface area (Å²) in [7, 11) is -4.11. The second-order valence-corrected chi connectivity index (χ2v) is 17.4. The Morgan fingerprint density at radius 3 is 2.20 bits per heavy atom. The van der Waals surface area contributed by atoms with E-state index in [1.165, 1.54) is 31.2 Å². The zero-order valence-electron chi connectivity index (χ0n) is 30.1. The molecule has 2 aromatic carbocycles. The van der Waals surface area contributed by atoms with E-state index in [-0.39, 0.29) is 28.3 Å². The van der Waals surface area contributed by atoms with Gasteiger partial charge in [-0.15, -0.1) is 11.8 Å². The number of piperazine rings is 1. The quantitative estimate of drug-likeness (QED) is 0.232. The van der Waals surface area contributed by atoms with Gasteiger partial charge in [0.15, 0.2) is 11.6 Å². The molecule has 1 unspecified atom stereocenters. The molecular weight excluding hydrogens is 674 g/mol. The van der Waals surface area contributed by atoms with Gasteiger partial charge in [0.1, 0.15) is 4.90 Å². The number of hydrogen-bond donors (Lipinski definition) is 1. The summed E-state index contributed by atoms with van der Waals surface area (Å²) in [5.41, 5.74) is 1.40. The molecule has 0 amide bonds. The number of hydrogen-bond acceptors (Lipinski definition) is 10. The van der Waals surface area contributed by atoms with Crippen LogP contribution in [0.1, 0.15) is 52.9 Å². The number of pyridine rings is 1. The Balaban J connectivity index is 1.19. The van der Waals surface area contributed by atoms with Gasteiger partial charge in [0, 0.05) is 74.4 Å². The van der Waals surface area contributed by atoms with E-state index in [1.54, 1.807) is 11.8 Å². The van der Waals surface area contributed by atoms with Crippen molar-refractivity contribution in [1.82, 2.24) is 19.7 Å². The standard InChI is InChI=1S/C38H54FN5O4S2/c1-27(2)23-28(3)48-36-8-6-32(25-34(36)39)50(46,47)37-26-40-35-7-5-31(49-4)24-33(35)38(37)44-15-11-29(12-16-44)42-13-9-30(10-14-42)43-19-17-41(18-20-43)21-22-45/h5-8,24-30,45H,9-23H2,1-4H3. The van der Waals surface area contributed by atoms with Crippen LogP contribution in [-0.2, 0) is 9.84 Å². The molecule has 3 fully saturated rings. The Kier molecular flexibility index (Phi) is 12.3. The van der Waals surface area contributed by atoms with E-state index in [9.17, 15) is 13.5 Å². The molecule has 9 nitrogen and oxygen atoms in total. The van der Waals surface area contributed by atoms with Crippen LogP contribution in [0.2, 0.25) is 0 Å². The second kappa shape index (κ2) is 16.5. The van der Waals surface area contributed by atoms with E-state index >= 15 is 4.39 Å². The van der Waals surface area contributed by atoms with Crippen molar-refractivity contribution in [1.29, 1.82) is 0 Å². The summed E-state index contributed by atoms with van der Waals surface area (Å²) in [6.45, 7) is 14.9. The molecule has 0 spiro atoms. The van der Waals surface area contributed by atoms with Crippen LogP contribution in [0.5, 0.6) is 5.75 Å². The number of fused-ring (bicyclic) bond motifs is 1. The average molecular weight is 728 g/mol. The van der Waals surface area contributed by atoms with E-state index < -0.39 is 15.7 Å². The molecule has 0 bridgehead atoms. The van der Waals surface area contributed by atoms with E-state index in [1.807, 2.05) is 31.4 Å². The molecule has 12 heteroatoms. The second-order valence-electron chi connectivity index (χ2n) is 14.6. The molecule has 3 saturated heterocycles. The first-order chi connectivity index (χ1) is 24.1. The van der Waals surface area contributed by atoms with Crippen molar-refractivity contribution in [3.8, 4) is 5.75 Å². The maximum atomic E-state index is 15.4. The van der Waals surface area contributed by atoms with Gasteiger partial charge >= 0.3 is 0 Å². The number of β-amino-alcohol motifs (C(OH)–C–C–N with tert-alkyl or cyclic N) is 1. The Morgan fingerprint density at radius 1 is 0.920 bits per heavy atom. The number of benzene rings is 2. The smallest absolute Gasteiger partial charge is 0.210 e. The van der Waals surface area contributed by atoms with Crippen LogP contribution in [0.15, 0.2) is 57.3 Å². The van der Waals surface area contributed by atoms with Gasteiger partial charge in [-0.3, -0.25) is 14.8 Å². The number of nitrogens with zero attached hydrogens (tertiary/aromatic N) is 5. The number of rotatable bonds is 12. The molecule has 6 rings (SSSR count). The first-order valence-electron chi connectivity index (χ1n) is 18.3. The van der Waals surface area contributed by atoms with Gasteiger partial charge in [0.2, 0.25) is 9.84 Å². The third-order valence-corrected chi connectivity index (χ3v) is 13.3. The van der Waals surface area contributed by atoms with E-state index in [0.29, 0.717) is 23.7 Å². The number of ether oxygens (including phenoxy) is 1. The lowest BCUT2D eigenvalue weighted by molar-refractivity contribution is 0.0396. The van der Waals surface area contributed by atoms with Gasteiger partial charge in [-0.05, 0) is 101 Å². The summed E-state index contributed by atoms with van der Waals surface area (Å²) in [5, 5.41) is 10.1. The average Bonchev–Trinajstić information content (AvgIpc) is 3.12. The number of halogens is 1. The van der Waals surface area contributed by atoms with E-state index in [0.717, 1.165) is 100 Å². The molecule has 3 aromatic rings. The zero-order chi connectivity index (χ0) is 35.4. The number of likely N-dealkylation sites (tertiary alicyclic amines) is 1. The molecule has 1 N–H and O–H groups in total. The zero-order valence-corrected chi connectivity index (χ0v) is 31.7. The highest BCUT2D eigenvalue weighted by atomic mass is 32.2. The first kappa shape index (κ1) is 37.3. The summed E-state index contributed by atoms with van der Waals surface area (Å²) in [6, 6.07) is 11.1. The number of anilines is 1. The summed E-state index contributed by atoms with van der Waals surface area (Å²) < 4.78 is 49.9. The molecule has 0 radical (unpaired) electrons. The first-order valence-corrected chi connectivity index (χ1v) is 21.0. The molecule has 0 aliphatic carbocycles. The summed E-state index contributed by atoms with van der Waals surface area (Å²) in [6.07, 6.45) is 8.29. The summed E-state index contributed by atoms with van der Waals surface area (Å²) in [4.78, 5) is 15.5. The van der Waals surface area contributed by atoms with Crippen LogP contribution >= 0.6 is 11.8 Å². The molecular formula is C38H54FN5O4S2. The monoisotopic (exact) mass is 727 g/mol. The minimum absolute atomic E-state index is 0.0605. The normalized spacial score (nSPS) is 20.2. The number of aliphatic hydroxyl groups excluding tert-OH is 1. The Bertz CT molecular complexity index is 1700. The van der Waals surface area contributed by atoms with Crippen molar-refractivity contribution < 1.29 is 22.7 Å². The predicted molar refractivity (Wildman–Crippen MR) is 200 cm³/mol. The number of aliphatic hydroxyl groups is 1. The lowest BCUT2D eigenvalue weighted by Crippen LogP contribution is -2.55. The van der Waals surface area contributed by atoms with Crippen LogP contribution in [0.4, 0.5) is 10.1 Å². The van der Waals surface area contributed by atoms with Crippen LogP contribution in [-0.4, -0.2) is 123 Å². The van der Waals surface area contributed by atoms with Crippen molar-refractivity contribution in [2.45, 2.75) is 85.7 Å². The number of aromatic nitrogens is 1. The number of thioether (sulfide) groups is 1. The fourth-order valence-corrected chi connectivity index (χ4v) is 10.0. The van der Waals surface area contributed by atoms with Gasteiger partial charge in [-0.25, -0.2) is 12.8 Å². The molecule has 1 atom stereocenters. The van der Waals surface area contributed by atoms with Crippen molar-refractivity contribution in [2.24, 2.45) is 5.92 Å². The van der Waals surface area contributed by atoms with Gasteiger partial charge < -0.3 is 19.6 Å². The highest BCUT2D eigenvalue weighted by molar-refractivity contribution is 7.98. The van der Waals surface area contributed by atoms with Crippen LogP contribution in [0.3, 0.4) is 0 Å². The Morgan fingerprint density at radius 2 is 1.58 bits per heavy atom. The summed E-state index contributed by atoms with van der Waals surface area (Å²) >= 11 is 1.61. The van der Waals surface area contributed by atoms with Crippen molar-refractivity contribution in [3.05, 3.63) is 48.4 Å². The molecule has 274 valence electrons.